The van der Waals surface area contributed by atoms with Crippen LogP contribution in [0.1, 0.15) is 12.0 Å². The highest BCUT2D eigenvalue weighted by Crippen LogP contribution is 2.17. The van der Waals surface area contributed by atoms with Crippen LogP contribution in [0.15, 0.2) is 18.2 Å². The van der Waals surface area contributed by atoms with E-state index < -0.39 is 17.9 Å². The molecule has 1 aliphatic heterocycles. The Bertz CT molecular complexity index is 550. The molecule has 1 aromatic carbocycles. The van der Waals surface area contributed by atoms with Gasteiger partial charge in [-0.1, -0.05) is 6.07 Å². The number of amides is 2. The van der Waals surface area contributed by atoms with Gasteiger partial charge in [0.15, 0.2) is 0 Å². The lowest BCUT2D eigenvalue weighted by Crippen LogP contribution is -2.48. The molecule has 114 valence electrons. The highest BCUT2D eigenvalue weighted by molar-refractivity contribution is 5.90. The lowest BCUT2D eigenvalue weighted by Gasteiger charge is -2.32. The van der Waals surface area contributed by atoms with Crippen molar-refractivity contribution in [2.24, 2.45) is 0 Å². The standard InChI is InChI=1S/C14H17FN2O4/c1-9-2-3-10(15)6-12(9)16-14(20)17-4-5-21-11(8-17)7-13(18)19/h2-3,6,11H,4-5,7-8H2,1H3,(H,16,20)(H,18,19). The second-order valence-electron chi connectivity index (χ2n) is 4.93. The summed E-state index contributed by atoms with van der Waals surface area (Å²) in [5.74, 6) is -1.40. The van der Waals surface area contributed by atoms with Crippen molar-refractivity contribution in [2.45, 2.75) is 19.4 Å². The Hall–Kier alpha value is -2.15. The van der Waals surface area contributed by atoms with Gasteiger partial charge < -0.3 is 20.1 Å². The average molecular weight is 296 g/mol. The van der Waals surface area contributed by atoms with Crippen molar-refractivity contribution in [1.29, 1.82) is 0 Å². The first-order valence-corrected chi connectivity index (χ1v) is 6.61. The van der Waals surface area contributed by atoms with Crippen LogP contribution in [0, 0.1) is 12.7 Å². The predicted molar refractivity (Wildman–Crippen MR) is 73.7 cm³/mol. The van der Waals surface area contributed by atoms with Crippen molar-refractivity contribution in [3.8, 4) is 0 Å². The number of anilines is 1. The summed E-state index contributed by atoms with van der Waals surface area (Å²) in [5.41, 5.74) is 1.15. The van der Waals surface area contributed by atoms with Crippen LogP contribution in [0.25, 0.3) is 0 Å². The van der Waals surface area contributed by atoms with Gasteiger partial charge in [0.05, 0.1) is 19.1 Å². The van der Waals surface area contributed by atoms with E-state index in [1.54, 1.807) is 13.0 Å². The summed E-state index contributed by atoms with van der Waals surface area (Å²) >= 11 is 0. The highest BCUT2D eigenvalue weighted by atomic mass is 19.1. The van der Waals surface area contributed by atoms with E-state index in [-0.39, 0.29) is 25.6 Å². The number of halogens is 1. The Labute approximate surface area is 121 Å². The largest absolute Gasteiger partial charge is 0.481 e. The number of urea groups is 1. The summed E-state index contributed by atoms with van der Waals surface area (Å²) in [6, 6.07) is 3.77. The highest BCUT2D eigenvalue weighted by Gasteiger charge is 2.26. The summed E-state index contributed by atoms with van der Waals surface area (Å²) in [7, 11) is 0. The molecule has 1 aliphatic rings. The van der Waals surface area contributed by atoms with Crippen molar-refractivity contribution in [2.75, 3.05) is 25.0 Å². The van der Waals surface area contributed by atoms with Crippen LogP contribution >= 0.6 is 0 Å². The number of hydrogen-bond acceptors (Lipinski definition) is 3. The number of rotatable bonds is 3. The van der Waals surface area contributed by atoms with Crippen LogP contribution in [0.2, 0.25) is 0 Å². The van der Waals surface area contributed by atoms with Gasteiger partial charge in [0, 0.05) is 18.8 Å². The fourth-order valence-corrected chi connectivity index (χ4v) is 2.15. The molecule has 1 atom stereocenters. The Balaban J connectivity index is 1.99. The zero-order chi connectivity index (χ0) is 15.4. The molecule has 2 N–H and O–H groups in total. The molecular formula is C14H17FN2O4. The van der Waals surface area contributed by atoms with Crippen molar-refractivity contribution < 1.29 is 23.8 Å². The minimum Gasteiger partial charge on any atom is -0.481 e. The molecule has 7 heteroatoms. The number of ether oxygens (including phenoxy) is 1. The normalized spacial score (nSPS) is 18.4. The van der Waals surface area contributed by atoms with E-state index in [2.05, 4.69) is 5.32 Å². The van der Waals surface area contributed by atoms with Gasteiger partial charge >= 0.3 is 12.0 Å². The van der Waals surface area contributed by atoms with Crippen molar-refractivity contribution in [1.82, 2.24) is 4.90 Å². The van der Waals surface area contributed by atoms with Crippen LogP contribution < -0.4 is 5.32 Å². The number of carbonyl (C=O) groups excluding carboxylic acids is 1. The number of aryl methyl sites for hydroxylation is 1. The van der Waals surface area contributed by atoms with Gasteiger partial charge in [-0.3, -0.25) is 4.79 Å². The van der Waals surface area contributed by atoms with E-state index in [0.29, 0.717) is 12.2 Å². The molecule has 1 fully saturated rings. The number of nitrogens with one attached hydrogen (secondary N) is 1. The molecule has 1 unspecified atom stereocenters. The van der Waals surface area contributed by atoms with Crippen molar-refractivity contribution in [3.05, 3.63) is 29.6 Å². The molecule has 6 nitrogen and oxygen atoms in total. The number of carboxylic acid groups (broad SMARTS) is 1. The van der Waals surface area contributed by atoms with Gasteiger partial charge in [-0.25, -0.2) is 9.18 Å². The third kappa shape index (κ3) is 4.16. The molecule has 0 spiro atoms. The SMILES string of the molecule is Cc1ccc(F)cc1NC(=O)N1CCOC(CC(=O)O)C1. The van der Waals surface area contributed by atoms with E-state index in [1.807, 2.05) is 0 Å². The smallest absolute Gasteiger partial charge is 0.322 e. The number of carboxylic acids is 1. The van der Waals surface area contributed by atoms with Gasteiger partial charge in [0.2, 0.25) is 0 Å². The lowest BCUT2D eigenvalue weighted by atomic mass is 10.2. The minimum absolute atomic E-state index is 0.150. The molecule has 21 heavy (non-hydrogen) atoms. The molecule has 1 aromatic rings. The van der Waals surface area contributed by atoms with E-state index >= 15 is 0 Å². The first kappa shape index (κ1) is 15.2. The fraction of sp³-hybridized carbons (Fsp3) is 0.429. The number of carbonyl (C=O) groups is 2. The predicted octanol–water partition coefficient (Wildman–Crippen LogP) is 1.84. The van der Waals surface area contributed by atoms with Crippen LogP contribution in [-0.2, 0) is 9.53 Å². The van der Waals surface area contributed by atoms with E-state index in [9.17, 15) is 14.0 Å². The second kappa shape index (κ2) is 6.53. The Morgan fingerprint density at radius 3 is 3.00 bits per heavy atom. The van der Waals surface area contributed by atoms with Crippen molar-refractivity contribution >= 4 is 17.7 Å². The number of morpholine rings is 1. The summed E-state index contributed by atoms with van der Waals surface area (Å²) in [6.07, 6.45) is -0.668. The Morgan fingerprint density at radius 2 is 2.29 bits per heavy atom. The first-order chi connectivity index (χ1) is 9.95. The third-order valence-electron chi connectivity index (χ3n) is 3.27. The quantitative estimate of drug-likeness (QED) is 0.892. The molecule has 1 heterocycles. The third-order valence-corrected chi connectivity index (χ3v) is 3.27. The molecular weight excluding hydrogens is 279 g/mol. The number of nitrogens with zero attached hydrogens (tertiary/aromatic N) is 1. The summed E-state index contributed by atoms with van der Waals surface area (Å²) in [5, 5.41) is 11.4. The number of benzene rings is 1. The molecule has 0 radical (unpaired) electrons. The van der Waals surface area contributed by atoms with Gasteiger partial charge in [0.1, 0.15) is 5.82 Å². The first-order valence-electron chi connectivity index (χ1n) is 6.61. The van der Waals surface area contributed by atoms with Gasteiger partial charge in [-0.15, -0.1) is 0 Å². The van der Waals surface area contributed by atoms with E-state index in [1.165, 1.54) is 17.0 Å². The molecule has 0 aliphatic carbocycles. The molecule has 0 saturated carbocycles. The monoisotopic (exact) mass is 296 g/mol. The molecule has 2 rings (SSSR count). The summed E-state index contributed by atoms with van der Waals surface area (Å²) in [6.45, 7) is 2.62. The topological polar surface area (TPSA) is 78.9 Å². The molecule has 1 saturated heterocycles. The molecule has 0 aromatic heterocycles. The lowest BCUT2D eigenvalue weighted by molar-refractivity contribution is -0.141. The summed E-state index contributed by atoms with van der Waals surface area (Å²) in [4.78, 5) is 24.3. The summed E-state index contributed by atoms with van der Waals surface area (Å²) < 4.78 is 18.5. The Kier molecular flexibility index (Phi) is 4.74. The second-order valence-corrected chi connectivity index (χ2v) is 4.93. The van der Waals surface area contributed by atoms with E-state index in [4.69, 9.17) is 9.84 Å². The molecule has 0 bridgehead atoms. The molecule has 2 amide bonds. The van der Waals surface area contributed by atoms with Gasteiger partial charge in [-0.2, -0.15) is 0 Å². The van der Waals surface area contributed by atoms with Crippen molar-refractivity contribution in [3.63, 3.8) is 0 Å². The van der Waals surface area contributed by atoms with Crippen LogP contribution in [-0.4, -0.2) is 47.8 Å². The Morgan fingerprint density at radius 1 is 1.52 bits per heavy atom. The average Bonchev–Trinajstić information content (AvgIpc) is 2.42. The maximum atomic E-state index is 13.2. The fourth-order valence-electron chi connectivity index (χ4n) is 2.15. The van der Waals surface area contributed by atoms with Gasteiger partial charge in [0.25, 0.3) is 0 Å². The number of hydrogen-bond donors (Lipinski definition) is 2. The van der Waals surface area contributed by atoms with Crippen LogP contribution in [0.4, 0.5) is 14.9 Å². The minimum atomic E-state index is -0.969. The van der Waals surface area contributed by atoms with Crippen LogP contribution in [0.5, 0.6) is 0 Å². The zero-order valence-corrected chi connectivity index (χ0v) is 11.6. The maximum Gasteiger partial charge on any atom is 0.322 e. The zero-order valence-electron chi connectivity index (χ0n) is 11.6. The van der Waals surface area contributed by atoms with Crippen LogP contribution in [0.3, 0.4) is 0 Å². The maximum absolute atomic E-state index is 13.2. The van der Waals surface area contributed by atoms with Gasteiger partial charge in [-0.05, 0) is 24.6 Å². The number of aliphatic carboxylic acids is 1. The van der Waals surface area contributed by atoms with E-state index in [0.717, 1.165) is 5.56 Å².